The number of hydrogen-bond donors (Lipinski definition) is 1. The molecule has 0 spiro atoms. The molecule has 0 aromatic carbocycles. The maximum Gasteiger partial charge on any atom is 0.303 e. The van der Waals surface area contributed by atoms with Gasteiger partial charge in [0.05, 0.1) is 13.2 Å². The van der Waals surface area contributed by atoms with Gasteiger partial charge in [-0.2, -0.15) is 0 Å². The van der Waals surface area contributed by atoms with E-state index in [0.717, 1.165) is 40.0 Å². The summed E-state index contributed by atoms with van der Waals surface area (Å²) in [7, 11) is 0. The molecule has 0 saturated carbocycles. The summed E-state index contributed by atoms with van der Waals surface area (Å²) in [5.74, 6) is -2.81. The molecule has 1 aliphatic rings. The van der Waals surface area contributed by atoms with Crippen molar-refractivity contribution in [3.8, 4) is 0 Å². The van der Waals surface area contributed by atoms with Crippen LogP contribution in [0.4, 0.5) is 0 Å². The second-order valence-corrected chi connectivity index (χ2v) is 11.7. The minimum Gasteiger partial charge on any atom is -0.463 e. The molecule has 1 heterocycles. The van der Waals surface area contributed by atoms with Gasteiger partial charge >= 0.3 is 23.9 Å². The van der Waals surface area contributed by atoms with Crippen molar-refractivity contribution < 1.29 is 57.4 Å². The fraction of sp³-hybridized carbons (Fsp3) is 0.879. The highest BCUT2D eigenvalue weighted by Gasteiger charge is 2.52. The number of ether oxygens (including phenoxy) is 7. The Morgan fingerprint density at radius 3 is 1.58 bits per heavy atom. The Morgan fingerprint density at radius 2 is 1.09 bits per heavy atom. The van der Waals surface area contributed by atoms with E-state index in [1.807, 2.05) is 0 Å². The van der Waals surface area contributed by atoms with E-state index in [-0.39, 0.29) is 19.8 Å². The Labute approximate surface area is 269 Å². The van der Waals surface area contributed by atoms with Crippen molar-refractivity contribution in [1.82, 2.24) is 0 Å². The molecule has 12 heteroatoms. The molecule has 12 nitrogen and oxygen atoms in total. The Hall–Kier alpha value is -2.28. The van der Waals surface area contributed by atoms with Crippen LogP contribution in [0.1, 0.15) is 125 Å². The summed E-state index contributed by atoms with van der Waals surface area (Å²) in [5.41, 5.74) is 0. The van der Waals surface area contributed by atoms with Crippen molar-refractivity contribution in [2.24, 2.45) is 0 Å². The average molecular weight is 647 g/mol. The molecule has 0 bridgehead atoms. The van der Waals surface area contributed by atoms with Gasteiger partial charge in [-0.05, 0) is 6.42 Å². The van der Waals surface area contributed by atoms with Crippen LogP contribution in [0.15, 0.2) is 0 Å². The van der Waals surface area contributed by atoms with E-state index >= 15 is 0 Å². The highest BCUT2D eigenvalue weighted by atomic mass is 16.7. The minimum absolute atomic E-state index is 0.0176. The third-order valence-electron chi connectivity index (χ3n) is 7.35. The Kier molecular flexibility index (Phi) is 22.5. The first-order chi connectivity index (χ1) is 21.5. The lowest BCUT2D eigenvalue weighted by atomic mass is 9.98. The predicted molar refractivity (Wildman–Crippen MR) is 165 cm³/mol. The standard InChI is InChI=1S/C33H58O12/c1-6-7-8-9-10-11-12-13-14-15-16-17-18-19-20-39-21-28(38)22-41-33-32(44-27(5)37)31(43-26(4)36)30(42-25(3)35)29(45-33)23-40-24(2)34/h28-33,38H,6-23H2,1-5H3/t28?,29-,30+,31+,32-,33-/m1/s1. The molecule has 45 heavy (non-hydrogen) atoms. The molecular formula is C33H58O12. The molecule has 1 unspecified atom stereocenters. The zero-order valence-electron chi connectivity index (χ0n) is 28.1. The summed E-state index contributed by atoms with van der Waals surface area (Å²) >= 11 is 0. The zero-order chi connectivity index (χ0) is 33.5. The summed E-state index contributed by atoms with van der Waals surface area (Å²) < 4.78 is 38.3. The van der Waals surface area contributed by atoms with Crippen molar-refractivity contribution in [2.75, 3.05) is 26.4 Å². The SMILES string of the molecule is CCCCCCCCCCCCCCCCOCC(O)CO[C@@H]1O[C@H](COC(C)=O)[C@H](OC(C)=O)[C@H](OC(C)=O)[C@H]1OC(C)=O. The maximum atomic E-state index is 11.9. The molecule has 0 radical (unpaired) electrons. The fourth-order valence-corrected chi connectivity index (χ4v) is 5.19. The molecule has 1 saturated heterocycles. The molecule has 1 fully saturated rings. The third kappa shape index (κ3) is 19.8. The van der Waals surface area contributed by atoms with Crippen LogP contribution < -0.4 is 0 Å². The molecule has 1 rings (SSSR count). The fourth-order valence-electron chi connectivity index (χ4n) is 5.19. The number of esters is 4. The number of aliphatic hydroxyl groups excluding tert-OH is 1. The van der Waals surface area contributed by atoms with Crippen LogP contribution >= 0.6 is 0 Å². The normalized spacial score (nSPS) is 22.0. The summed E-state index contributed by atoms with van der Waals surface area (Å²) in [5, 5.41) is 10.5. The molecule has 0 amide bonds. The van der Waals surface area contributed by atoms with Gasteiger partial charge in [-0.1, -0.05) is 90.4 Å². The van der Waals surface area contributed by atoms with Crippen molar-refractivity contribution >= 4 is 23.9 Å². The van der Waals surface area contributed by atoms with Gasteiger partial charge in [-0.15, -0.1) is 0 Å². The summed E-state index contributed by atoms with van der Waals surface area (Å²) in [6.07, 6.45) is 10.3. The van der Waals surface area contributed by atoms with E-state index in [0.29, 0.717) is 6.61 Å². The van der Waals surface area contributed by atoms with Crippen LogP contribution in [0.3, 0.4) is 0 Å². The minimum atomic E-state index is -1.34. The molecule has 0 aromatic heterocycles. The topological polar surface area (TPSA) is 153 Å². The van der Waals surface area contributed by atoms with Crippen molar-refractivity contribution in [3.05, 3.63) is 0 Å². The lowest BCUT2D eigenvalue weighted by molar-refractivity contribution is -0.311. The van der Waals surface area contributed by atoms with Crippen LogP contribution in [0.25, 0.3) is 0 Å². The van der Waals surface area contributed by atoms with Gasteiger partial charge in [0.15, 0.2) is 24.6 Å². The number of unbranched alkanes of at least 4 members (excludes halogenated alkanes) is 13. The van der Waals surface area contributed by atoms with Crippen LogP contribution in [-0.4, -0.2) is 92.2 Å². The second-order valence-electron chi connectivity index (χ2n) is 11.7. The van der Waals surface area contributed by atoms with Gasteiger partial charge in [0.25, 0.3) is 0 Å². The van der Waals surface area contributed by atoms with Crippen molar-refractivity contribution in [2.45, 2.75) is 161 Å². The van der Waals surface area contributed by atoms with E-state index in [9.17, 15) is 24.3 Å². The molecule has 1 N–H and O–H groups in total. The highest BCUT2D eigenvalue weighted by molar-refractivity contribution is 5.68. The first kappa shape index (κ1) is 40.7. The maximum absolute atomic E-state index is 11.9. The van der Waals surface area contributed by atoms with Crippen LogP contribution in [0.5, 0.6) is 0 Å². The zero-order valence-corrected chi connectivity index (χ0v) is 28.1. The average Bonchev–Trinajstić information content (AvgIpc) is 2.96. The van der Waals surface area contributed by atoms with Gasteiger partial charge in [0.1, 0.15) is 18.8 Å². The number of aliphatic hydroxyl groups is 1. The smallest absolute Gasteiger partial charge is 0.303 e. The van der Waals surface area contributed by atoms with E-state index in [1.54, 1.807) is 0 Å². The number of hydrogen-bond acceptors (Lipinski definition) is 12. The molecule has 262 valence electrons. The van der Waals surface area contributed by atoms with E-state index in [1.165, 1.54) is 77.6 Å². The van der Waals surface area contributed by atoms with Gasteiger partial charge in [-0.3, -0.25) is 19.2 Å². The van der Waals surface area contributed by atoms with E-state index in [2.05, 4.69) is 6.92 Å². The first-order valence-corrected chi connectivity index (χ1v) is 16.7. The van der Waals surface area contributed by atoms with Gasteiger partial charge in [-0.25, -0.2) is 0 Å². The van der Waals surface area contributed by atoms with E-state index in [4.69, 9.17) is 33.2 Å². The largest absolute Gasteiger partial charge is 0.463 e. The van der Waals surface area contributed by atoms with Crippen LogP contribution in [-0.2, 0) is 52.3 Å². The monoisotopic (exact) mass is 646 g/mol. The Morgan fingerprint density at radius 1 is 0.622 bits per heavy atom. The third-order valence-corrected chi connectivity index (χ3v) is 7.35. The highest BCUT2D eigenvalue weighted by Crippen LogP contribution is 2.30. The number of rotatable bonds is 25. The van der Waals surface area contributed by atoms with Crippen LogP contribution in [0, 0.1) is 0 Å². The number of carbonyl (C=O) groups is 4. The summed E-state index contributed by atoms with van der Waals surface area (Å²) in [6, 6.07) is 0. The number of carbonyl (C=O) groups excluding carboxylic acids is 4. The summed E-state index contributed by atoms with van der Waals surface area (Å²) in [6.45, 7) is 6.78. The van der Waals surface area contributed by atoms with Crippen molar-refractivity contribution in [3.63, 3.8) is 0 Å². The van der Waals surface area contributed by atoms with E-state index < -0.39 is 60.7 Å². The molecule has 1 aliphatic heterocycles. The van der Waals surface area contributed by atoms with Crippen LogP contribution in [0.2, 0.25) is 0 Å². The van der Waals surface area contributed by atoms with Crippen molar-refractivity contribution in [1.29, 1.82) is 0 Å². The van der Waals surface area contributed by atoms with Gasteiger partial charge < -0.3 is 38.3 Å². The quantitative estimate of drug-likeness (QED) is 0.0812. The second kappa shape index (κ2) is 24.9. The molecule has 6 atom stereocenters. The lowest BCUT2D eigenvalue weighted by Crippen LogP contribution is -2.63. The van der Waals surface area contributed by atoms with Gasteiger partial charge in [0, 0.05) is 34.3 Å². The Balaban J connectivity index is 2.45. The molecule has 0 aliphatic carbocycles. The first-order valence-electron chi connectivity index (χ1n) is 16.7. The molecular weight excluding hydrogens is 588 g/mol. The Bertz CT molecular complexity index is 835. The summed E-state index contributed by atoms with van der Waals surface area (Å²) in [4.78, 5) is 47.1. The lowest BCUT2D eigenvalue weighted by Gasteiger charge is -2.44. The predicted octanol–water partition coefficient (Wildman–Crippen LogP) is 4.94. The van der Waals surface area contributed by atoms with Gasteiger partial charge in [0.2, 0.25) is 0 Å². The molecule has 0 aromatic rings.